The molecule has 1 aromatic carbocycles. The smallest absolute Gasteiger partial charge is 0.188 e. The second-order valence-electron chi connectivity index (χ2n) is 3.67. The number of hydrogen-bond acceptors (Lipinski definition) is 2. The lowest BCUT2D eigenvalue weighted by molar-refractivity contribution is 0.102. The van der Waals surface area contributed by atoms with E-state index < -0.39 is 0 Å². The van der Waals surface area contributed by atoms with Crippen LogP contribution in [0, 0.1) is 0 Å². The third-order valence-corrected chi connectivity index (χ3v) is 2.86. The fraction of sp³-hybridized carbons (Fsp3) is 0.308. The summed E-state index contributed by atoms with van der Waals surface area (Å²) in [6.45, 7) is 1.92. The fourth-order valence-electron chi connectivity index (χ4n) is 1.96. The van der Waals surface area contributed by atoms with Crippen LogP contribution in [0.4, 0.5) is 0 Å². The highest BCUT2D eigenvalue weighted by Crippen LogP contribution is 2.27. The Morgan fingerprint density at radius 3 is 2.80 bits per heavy atom. The molecule has 0 saturated carbocycles. The molecule has 0 atom stereocenters. The van der Waals surface area contributed by atoms with Crippen LogP contribution in [0.1, 0.15) is 29.3 Å². The van der Waals surface area contributed by atoms with Gasteiger partial charge in [-0.1, -0.05) is 6.08 Å². The zero-order valence-electron chi connectivity index (χ0n) is 9.04. The van der Waals surface area contributed by atoms with Gasteiger partial charge < -0.3 is 4.74 Å². The van der Waals surface area contributed by atoms with E-state index in [1.54, 1.807) is 7.11 Å². The van der Waals surface area contributed by atoms with Gasteiger partial charge in [-0.05, 0) is 49.1 Å². The Morgan fingerprint density at radius 1 is 1.33 bits per heavy atom. The minimum Gasteiger partial charge on any atom is -0.497 e. The molecule has 0 saturated heterocycles. The molecule has 1 aromatic rings. The highest BCUT2D eigenvalue weighted by atomic mass is 16.5. The average molecular weight is 202 g/mol. The molecule has 1 aliphatic carbocycles. The summed E-state index contributed by atoms with van der Waals surface area (Å²) in [5, 5.41) is 0. The van der Waals surface area contributed by atoms with E-state index in [1.165, 1.54) is 0 Å². The van der Waals surface area contributed by atoms with Crippen molar-refractivity contribution in [3.8, 4) is 5.75 Å². The predicted molar refractivity (Wildman–Crippen MR) is 59.4 cm³/mol. The number of benzene rings is 1. The van der Waals surface area contributed by atoms with Crippen LogP contribution in [-0.2, 0) is 6.42 Å². The molecule has 15 heavy (non-hydrogen) atoms. The zero-order chi connectivity index (χ0) is 10.8. The van der Waals surface area contributed by atoms with E-state index in [-0.39, 0.29) is 5.78 Å². The van der Waals surface area contributed by atoms with Crippen LogP contribution < -0.4 is 4.74 Å². The number of hydrogen-bond donors (Lipinski definition) is 0. The van der Waals surface area contributed by atoms with Gasteiger partial charge in [0, 0.05) is 5.56 Å². The van der Waals surface area contributed by atoms with Crippen LogP contribution in [-0.4, -0.2) is 12.9 Å². The van der Waals surface area contributed by atoms with Crippen molar-refractivity contribution in [2.24, 2.45) is 0 Å². The van der Waals surface area contributed by atoms with Gasteiger partial charge in [0.05, 0.1) is 7.11 Å². The maximum Gasteiger partial charge on any atom is 0.188 e. The Bertz CT molecular complexity index is 430. The lowest BCUT2D eigenvalue weighted by atomic mass is 9.87. The number of aryl methyl sites for hydroxylation is 1. The second-order valence-corrected chi connectivity index (χ2v) is 3.67. The Kier molecular flexibility index (Phi) is 2.58. The Labute approximate surface area is 89.6 Å². The number of ether oxygens (including phenoxy) is 1. The normalized spacial score (nSPS) is 17.7. The van der Waals surface area contributed by atoms with Gasteiger partial charge in [0.2, 0.25) is 0 Å². The van der Waals surface area contributed by atoms with Crippen molar-refractivity contribution < 1.29 is 9.53 Å². The van der Waals surface area contributed by atoms with Crippen molar-refractivity contribution in [1.29, 1.82) is 0 Å². The highest BCUT2D eigenvalue weighted by Gasteiger charge is 2.21. The highest BCUT2D eigenvalue weighted by molar-refractivity contribution is 6.10. The number of Topliss-reactive ketones (excluding diaryl/α,β-unsaturated/α-hetero) is 1. The maximum atomic E-state index is 11.9. The fourth-order valence-corrected chi connectivity index (χ4v) is 1.96. The van der Waals surface area contributed by atoms with E-state index in [2.05, 4.69) is 0 Å². The number of carbonyl (C=O) groups excluding carboxylic acids is 1. The van der Waals surface area contributed by atoms with Crippen LogP contribution in [0.2, 0.25) is 0 Å². The molecule has 2 nitrogen and oxygen atoms in total. The van der Waals surface area contributed by atoms with Crippen LogP contribution >= 0.6 is 0 Å². The minimum absolute atomic E-state index is 0.168. The van der Waals surface area contributed by atoms with Gasteiger partial charge in [0.25, 0.3) is 0 Å². The van der Waals surface area contributed by atoms with Gasteiger partial charge in [-0.25, -0.2) is 0 Å². The monoisotopic (exact) mass is 202 g/mol. The summed E-state index contributed by atoms with van der Waals surface area (Å²) in [4.78, 5) is 11.9. The molecular formula is C13H14O2. The van der Waals surface area contributed by atoms with E-state index in [4.69, 9.17) is 4.74 Å². The van der Waals surface area contributed by atoms with Gasteiger partial charge in [0.15, 0.2) is 5.78 Å². The van der Waals surface area contributed by atoms with Crippen molar-refractivity contribution >= 4 is 5.78 Å². The van der Waals surface area contributed by atoms with E-state index in [0.717, 1.165) is 35.3 Å². The number of methoxy groups -OCH3 is 1. The van der Waals surface area contributed by atoms with Crippen LogP contribution in [0.15, 0.2) is 29.8 Å². The SMILES string of the molecule is C/C=C1\CCc2cc(OC)ccc2C1=O. The molecular weight excluding hydrogens is 188 g/mol. The molecule has 1 aliphatic rings. The first-order chi connectivity index (χ1) is 7.26. The summed E-state index contributed by atoms with van der Waals surface area (Å²) >= 11 is 0. The van der Waals surface area contributed by atoms with E-state index in [0.29, 0.717) is 0 Å². The van der Waals surface area contributed by atoms with Crippen molar-refractivity contribution in [3.63, 3.8) is 0 Å². The van der Waals surface area contributed by atoms with Gasteiger partial charge >= 0.3 is 0 Å². The summed E-state index contributed by atoms with van der Waals surface area (Å²) in [6.07, 6.45) is 3.68. The molecule has 0 aromatic heterocycles. The van der Waals surface area contributed by atoms with Crippen molar-refractivity contribution in [2.45, 2.75) is 19.8 Å². The van der Waals surface area contributed by atoms with Gasteiger partial charge in [-0.2, -0.15) is 0 Å². The first-order valence-corrected chi connectivity index (χ1v) is 5.13. The molecule has 78 valence electrons. The van der Waals surface area contributed by atoms with Gasteiger partial charge in [-0.15, -0.1) is 0 Å². The molecule has 0 radical (unpaired) electrons. The summed E-state index contributed by atoms with van der Waals surface area (Å²) in [6, 6.07) is 5.66. The van der Waals surface area contributed by atoms with Gasteiger partial charge in [-0.3, -0.25) is 4.79 Å². The van der Waals surface area contributed by atoms with Crippen LogP contribution in [0.5, 0.6) is 5.75 Å². The lowest BCUT2D eigenvalue weighted by Crippen LogP contribution is -2.13. The number of fused-ring (bicyclic) bond motifs is 1. The third kappa shape index (κ3) is 1.67. The lowest BCUT2D eigenvalue weighted by Gasteiger charge is -2.17. The summed E-state index contributed by atoms with van der Waals surface area (Å²) in [5.41, 5.74) is 2.85. The minimum atomic E-state index is 0.168. The summed E-state index contributed by atoms with van der Waals surface area (Å²) < 4.78 is 5.14. The zero-order valence-corrected chi connectivity index (χ0v) is 9.04. The van der Waals surface area contributed by atoms with E-state index in [1.807, 2.05) is 31.2 Å². The molecule has 2 rings (SSSR count). The first kappa shape index (κ1) is 9.97. The third-order valence-electron chi connectivity index (χ3n) is 2.86. The number of rotatable bonds is 1. The topological polar surface area (TPSA) is 26.3 Å². The molecule has 0 heterocycles. The molecule has 0 unspecified atom stereocenters. The van der Waals surface area contributed by atoms with Crippen LogP contribution in [0.25, 0.3) is 0 Å². The van der Waals surface area contributed by atoms with E-state index in [9.17, 15) is 4.79 Å². The average Bonchev–Trinajstić information content (AvgIpc) is 2.29. The summed E-state index contributed by atoms with van der Waals surface area (Å²) in [7, 11) is 1.64. The summed E-state index contributed by atoms with van der Waals surface area (Å²) in [5.74, 6) is 0.992. The van der Waals surface area contributed by atoms with E-state index >= 15 is 0 Å². The molecule has 0 spiro atoms. The largest absolute Gasteiger partial charge is 0.497 e. The molecule has 0 N–H and O–H groups in total. The molecule has 0 bridgehead atoms. The van der Waals surface area contributed by atoms with Crippen molar-refractivity contribution in [3.05, 3.63) is 41.0 Å². The number of ketones is 1. The Morgan fingerprint density at radius 2 is 2.13 bits per heavy atom. The first-order valence-electron chi connectivity index (χ1n) is 5.13. The molecule has 2 heteroatoms. The molecule has 0 amide bonds. The number of allylic oxidation sites excluding steroid dienone is 2. The molecule has 0 fully saturated rings. The second kappa shape index (κ2) is 3.89. The Balaban J connectivity index is 2.46. The van der Waals surface area contributed by atoms with Gasteiger partial charge in [0.1, 0.15) is 5.75 Å². The van der Waals surface area contributed by atoms with Crippen molar-refractivity contribution in [2.75, 3.05) is 7.11 Å². The van der Waals surface area contributed by atoms with Crippen LogP contribution in [0.3, 0.4) is 0 Å². The maximum absolute atomic E-state index is 11.9. The Hall–Kier alpha value is -1.57. The number of carbonyl (C=O) groups is 1. The molecule has 0 aliphatic heterocycles. The standard InChI is InChI=1S/C13H14O2/c1-3-9-4-5-10-8-11(15-2)6-7-12(10)13(9)14/h3,6-8H,4-5H2,1-2H3/b9-3+. The van der Waals surface area contributed by atoms with Crippen molar-refractivity contribution in [1.82, 2.24) is 0 Å². The predicted octanol–water partition coefficient (Wildman–Crippen LogP) is 2.77. The quantitative estimate of drug-likeness (QED) is 0.654.